The zero-order chi connectivity index (χ0) is 14.2. The summed E-state index contributed by atoms with van der Waals surface area (Å²) in [5.41, 5.74) is 4.07. The van der Waals surface area contributed by atoms with Crippen LogP contribution in [0.2, 0.25) is 0 Å². The van der Waals surface area contributed by atoms with Crippen molar-refractivity contribution >= 4 is 31.3 Å². The number of fused-ring (bicyclic) bond motifs is 1. The van der Waals surface area contributed by atoms with Crippen LogP contribution >= 0.6 is 11.3 Å². The van der Waals surface area contributed by atoms with E-state index in [1.165, 1.54) is 15.6 Å². The van der Waals surface area contributed by atoms with Gasteiger partial charge < -0.3 is 0 Å². The molecule has 0 bridgehead atoms. The lowest BCUT2D eigenvalue weighted by Crippen LogP contribution is -2.42. The Morgan fingerprint density at radius 3 is 2.90 bits per heavy atom. The average Bonchev–Trinajstić information content (AvgIpc) is 2.99. The first kappa shape index (κ1) is 14.0. The molecule has 2 unspecified atom stereocenters. The first-order valence-electron chi connectivity index (χ1n) is 6.71. The molecule has 3 rings (SSSR count). The van der Waals surface area contributed by atoms with Crippen LogP contribution in [0.3, 0.4) is 0 Å². The second kappa shape index (κ2) is 5.44. The standard InChI is InChI=1S/C14H18N2O2S2/c15-16-13(10-5-6-20(17,18)9-10)7-11-8-19-14-4-2-1-3-12(11)14/h1-4,8,10,13,16H,5-7,9,15H2. The predicted octanol–water partition coefficient (Wildman–Crippen LogP) is 1.71. The molecule has 0 aliphatic carbocycles. The quantitative estimate of drug-likeness (QED) is 0.666. The lowest BCUT2D eigenvalue weighted by molar-refractivity contribution is 0.386. The maximum absolute atomic E-state index is 11.6. The third-order valence-corrected chi connectivity index (χ3v) is 6.86. The molecule has 4 nitrogen and oxygen atoms in total. The molecule has 0 amide bonds. The van der Waals surface area contributed by atoms with Crippen LogP contribution in [0, 0.1) is 5.92 Å². The van der Waals surface area contributed by atoms with E-state index in [1.54, 1.807) is 11.3 Å². The van der Waals surface area contributed by atoms with E-state index in [1.807, 2.05) is 12.1 Å². The lowest BCUT2D eigenvalue weighted by atomic mass is 9.93. The summed E-state index contributed by atoms with van der Waals surface area (Å²) < 4.78 is 24.5. The van der Waals surface area contributed by atoms with Gasteiger partial charge in [-0.25, -0.2) is 8.42 Å². The highest BCUT2D eigenvalue weighted by Gasteiger charge is 2.33. The molecule has 0 saturated carbocycles. The number of rotatable bonds is 4. The minimum absolute atomic E-state index is 0.0188. The van der Waals surface area contributed by atoms with Crippen LogP contribution in [0.4, 0.5) is 0 Å². The van der Waals surface area contributed by atoms with Crippen LogP contribution in [-0.2, 0) is 16.3 Å². The maximum Gasteiger partial charge on any atom is 0.150 e. The Morgan fingerprint density at radius 1 is 1.40 bits per heavy atom. The summed E-state index contributed by atoms with van der Waals surface area (Å²) in [6.07, 6.45) is 1.49. The Bertz CT molecular complexity index is 709. The van der Waals surface area contributed by atoms with Gasteiger partial charge in [0.15, 0.2) is 9.84 Å². The van der Waals surface area contributed by atoms with Crippen molar-refractivity contribution in [3.05, 3.63) is 35.2 Å². The molecular formula is C14H18N2O2S2. The summed E-state index contributed by atoms with van der Waals surface area (Å²) in [4.78, 5) is 0. The molecule has 1 aromatic carbocycles. The highest BCUT2D eigenvalue weighted by atomic mass is 32.2. The van der Waals surface area contributed by atoms with E-state index in [9.17, 15) is 8.42 Å². The summed E-state index contributed by atoms with van der Waals surface area (Å²) in [7, 11) is -2.86. The fourth-order valence-electron chi connectivity index (χ4n) is 2.93. The van der Waals surface area contributed by atoms with Crippen molar-refractivity contribution in [3.63, 3.8) is 0 Å². The van der Waals surface area contributed by atoms with E-state index < -0.39 is 9.84 Å². The molecule has 6 heteroatoms. The first-order chi connectivity index (χ1) is 9.59. The number of nitrogens with one attached hydrogen (secondary N) is 1. The topological polar surface area (TPSA) is 72.2 Å². The third-order valence-electron chi connectivity index (χ3n) is 4.05. The molecule has 1 saturated heterocycles. The van der Waals surface area contributed by atoms with Crippen molar-refractivity contribution < 1.29 is 8.42 Å². The van der Waals surface area contributed by atoms with E-state index in [-0.39, 0.29) is 17.7 Å². The molecule has 1 aromatic heterocycles. The molecule has 20 heavy (non-hydrogen) atoms. The maximum atomic E-state index is 11.6. The van der Waals surface area contributed by atoms with Gasteiger partial charge in [-0.2, -0.15) is 0 Å². The van der Waals surface area contributed by atoms with E-state index in [2.05, 4.69) is 22.9 Å². The van der Waals surface area contributed by atoms with Gasteiger partial charge >= 0.3 is 0 Å². The van der Waals surface area contributed by atoms with Gasteiger partial charge in [0.25, 0.3) is 0 Å². The summed E-state index contributed by atoms with van der Waals surface area (Å²) in [5, 5.41) is 3.40. The van der Waals surface area contributed by atoms with Crippen LogP contribution in [-0.4, -0.2) is 26.0 Å². The highest BCUT2D eigenvalue weighted by molar-refractivity contribution is 7.91. The molecule has 0 radical (unpaired) electrons. The highest BCUT2D eigenvalue weighted by Crippen LogP contribution is 2.29. The van der Waals surface area contributed by atoms with Crippen LogP contribution in [0.5, 0.6) is 0 Å². The molecule has 1 fully saturated rings. The Balaban J connectivity index is 1.82. The summed E-state index contributed by atoms with van der Waals surface area (Å²) in [6.45, 7) is 0. The van der Waals surface area contributed by atoms with Gasteiger partial charge in [-0.05, 0) is 41.2 Å². The van der Waals surface area contributed by atoms with E-state index in [0.717, 1.165) is 6.42 Å². The minimum Gasteiger partial charge on any atom is -0.271 e. The van der Waals surface area contributed by atoms with Gasteiger partial charge in [0.05, 0.1) is 11.5 Å². The second-order valence-corrected chi connectivity index (χ2v) is 8.54. The molecule has 1 aliphatic heterocycles. The molecule has 2 atom stereocenters. The molecule has 2 heterocycles. The van der Waals surface area contributed by atoms with Gasteiger partial charge in [-0.3, -0.25) is 11.3 Å². The van der Waals surface area contributed by atoms with Crippen molar-refractivity contribution in [3.8, 4) is 0 Å². The van der Waals surface area contributed by atoms with Gasteiger partial charge in [0, 0.05) is 10.7 Å². The van der Waals surface area contributed by atoms with Crippen LogP contribution in [0.1, 0.15) is 12.0 Å². The zero-order valence-corrected chi connectivity index (χ0v) is 12.7. The zero-order valence-electron chi connectivity index (χ0n) is 11.1. The molecule has 0 spiro atoms. The van der Waals surface area contributed by atoms with Gasteiger partial charge in [0.2, 0.25) is 0 Å². The number of sulfone groups is 1. The van der Waals surface area contributed by atoms with Crippen LogP contribution in [0.15, 0.2) is 29.6 Å². The number of hydrogen-bond acceptors (Lipinski definition) is 5. The van der Waals surface area contributed by atoms with E-state index >= 15 is 0 Å². The normalized spacial score (nSPS) is 23.1. The van der Waals surface area contributed by atoms with Crippen LogP contribution in [0.25, 0.3) is 10.1 Å². The van der Waals surface area contributed by atoms with Gasteiger partial charge in [-0.15, -0.1) is 11.3 Å². The van der Waals surface area contributed by atoms with Crippen molar-refractivity contribution in [1.29, 1.82) is 0 Å². The van der Waals surface area contributed by atoms with E-state index in [0.29, 0.717) is 12.2 Å². The largest absolute Gasteiger partial charge is 0.271 e. The Hall–Kier alpha value is -0.950. The fourth-order valence-corrected chi connectivity index (χ4v) is 5.79. The predicted molar refractivity (Wildman–Crippen MR) is 83.4 cm³/mol. The van der Waals surface area contributed by atoms with Crippen LogP contribution < -0.4 is 11.3 Å². The van der Waals surface area contributed by atoms with Gasteiger partial charge in [-0.1, -0.05) is 18.2 Å². The number of nitrogens with two attached hydrogens (primary N) is 1. The second-order valence-electron chi connectivity index (χ2n) is 5.40. The summed E-state index contributed by atoms with van der Waals surface area (Å²) >= 11 is 1.72. The third kappa shape index (κ3) is 2.74. The van der Waals surface area contributed by atoms with Crippen molar-refractivity contribution in [2.45, 2.75) is 18.9 Å². The average molecular weight is 310 g/mol. The molecule has 1 aliphatic rings. The van der Waals surface area contributed by atoms with Crippen molar-refractivity contribution in [2.75, 3.05) is 11.5 Å². The molecule has 108 valence electrons. The fraction of sp³-hybridized carbons (Fsp3) is 0.429. The number of hydrogen-bond donors (Lipinski definition) is 2. The Labute approximate surface area is 122 Å². The smallest absolute Gasteiger partial charge is 0.150 e. The monoisotopic (exact) mass is 310 g/mol. The number of thiophene rings is 1. The van der Waals surface area contributed by atoms with Crippen molar-refractivity contribution in [2.24, 2.45) is 11.8 Å². The van der Waals surface area contributed by atoms with Gasteiger partial charge in [0.1, 0.15) is 0 Å². The molecule has 3 N–H and O–H groups in total. The SMILES string of the molecule is NNC(Cc1csc2ccccc12)C1CCS(=O)(=O)C1. The first-order valence-corrected chi connectivity index (χ1v) is 9.41. The van der Waals surface area contributed by atoms with E-state index in [4.69, 9.17) is 5.84 Å². The Morgan fingerprint density at radius 2 is 2.20 bits per heavy atom. The number of benzene rings is 1. The summed E-state index contributed by atoms with van der Waals surface area (Å²) in [6, 6.07) is 8.30. The molecule has 2 aromatic rings. The molecular weight excluding hydrogens is 292 g/mol. The Kier molecular flexibility index (Phi) is 3.81. The lowest BCUT2D eigenvalue weighted by Gasteiger charge is -2.21. The minimum atomic E-state index is -2.86. The van der Waals surface area contributed by atoms with Crippen molar-refractivity contribution in [1.82, 2.24) is 5.43 Å². The number of hydrazine groups is 1. The summed E-state index contributed by atoms with van der Waals surface area (Å²) in [5.74, 6) is 6.32.